The summed E-state index contributed by atoms with van der Waals surface area (Å²) in [5.74, 6) is 1.65. The van der Waals surface area contributed by atoms with Gasteiger partial charge in [0.1, 0.15) is 22.4 Å². The average molecular weight is 298 g/mol. The second-order valence-corrected chi connectivity index (χ2v) is 4.94. The molecule has 1 aromatic heterocycles. The minimum atomic E-state index is 0.417. The molecule has 92 valence electrons. The second-order valence-electron chi connectivity index (χ2n) is 4.14. The van der Waals surface area contributed by atoms with Crippen LogP contribution in [0.25, 0.3) is 0 Å². The van der Waals surface area contributed by atoms with Gasteiger partial charge < -0.3 is 10.6 Å². The van der Waals surface area contributed by atoms with Crippen LogP contribution in [0.4, 0.5) is 11.6 Å². The fraction of sp³-hybridized carbons (Fsp3) is 0.545. The Labute approximate surface area is 110 Å². The fourth-order valence-electron chi connectivity index (χ4n) is 1.50. The van der Waals surface area contributed by atoms with E-state index in [4.69, 9.17) is 11.0 Å². The molecule has 17 heavy (non-hydrogen) atoms. The van der Waals surface area contributed by atoms with Gasteiger partial charge in [-0.05, 0) is 21.8 Å². The van der Waals surface area contributed by atoms with Gasteiger partial charge in [-0.2, -0.15) is 5.26 Å². The summed E-state index contributed by atoms with van der Waals surface area (Å²) in [6.45, 7) is 5.72. The number of hydrogen-bond donors (Lipinski definition) is 1. The van der Waals surface area contributed by atoms with Crippen LogP contribution in [0.15, 0.2) is 10.8 Å². The van der Waals surface area contributed by atoms with Gasteiger partial charge in [-0.1, -0.05) is 13.8 Å². The maximum atomic E-state index is 8.67. The molecule has 0 aliphatic heterocycles. The van der Waals surface area contributed by atoms with Crippen LogP contribution in [-0.2, 0) is 0 Å². The van der Waals surface area contributed by atoms with Crippen molar-refractivity contribution in [2.45, 2.75) is 20.3 Å². The number of rotatable bonds is 5. The van der Waals surface area contributed by atoms with Crippen molar-refractivity contribution in [3.05, 3.63) is 10.8 Å². The zero-order valence-corrected chi connectivity index (χ0v) is 11.6. The largest absolute Gasteiger partial charge is 0.383 e. The van der Waals surface area contributed by atoms with Gasteiger partial charge in [-0.25, -0.2) is 9.97 Å². The van der Waals surface area contributed by atoms with Gasteiger partial charge >= 0.3 is 0 Å². The van der Waals surface area contributed by atoms with Gasteiger partial charge in [-0.15, -0.1) is 0 Å². The lowest BCUT2D eigenvalue weighted by molar-refractivity contribution is 0.606. The first kappa shape index (κ1) is 13.7. The third-order valence-corrected chi connectivity index (χ3v) is 2.94. The van der Waals surface area contributed by atoms with E-state index >= 15 is 0 Å². The summed E-state index contributed by atoms with van der Waals surface area (Å²) in [5.41, 5.74) is 5.73. The van der Waals surface area contributed by atoms with Crippen LogP contribution >= 0.6 is 15.9 Å². The molecule has 0 aliphatic carbocycles. The molecule has 0 fully saturated rings. The molecule has 1 rings (SSSR count). The van der Waals surface area contributed by atoms with Gasteiger partial charge in [0, 0.05) is 13.1 Å². The van der Waals surface area contributed by atoms with Crippen LogP contribution in [0.5, 0.6) is 0 Å². The third-order valence-electron chi connectivity index (χ3n) is 2.18. The van der Waals surface area contributed by atoms with E-state index in [2.05, 4.69) is 50.7 Å². The Morgan fingerprint density at radius 2 is 2.24 bits per heavy atom. The van der Waals surface area contributed by atoms with Crippen molar-refractivity contribution < 1.29 is 0 Å². The molecule has 1 aromatic rings. The van der Waals surface area contributed by atoms with E-state index in [0.717, 1.165) is 12.4 Å². The quantitative estimate of drug-likeness (QED) is 0.901. The summed E-state index contributed by atoms with van der Waals surface area (Å²) < 4.78 is 0.693. The molecule has 0 saturated carbocycles. The molecule has 0 spiro atoms. The van der Waals surface area contributed by atoms with Crippen LogP contribution < -0.4 is 10.6 Å². The number of aromatic nitrogens is 2. The number of anilines is 2. The summed E-state index contributed by atoms with van der Waals surface area (Å²) in [4.78, 5) is 10.2. The predicted molar refractivity (Wildman–Crippen MR) is 71.4 cm³/mol. The van der Waals surface area contributed by atoms with Gasteiger partial charge in [0.15, 0.2) is 0 Å². The smallest absolute Gasteiger partial charge is 0.148 e. The average Bonchev–Trinajstić information content (AvgIpc) is 2.28. The van der Waals surface area contributed by atoms with Crippen molar-refractivity contribution in [3.63, 3.8) is 0 Å². The minimum Gasteiger partial charge on any atom is -0.383 e. The Morgan fingerprint density at radius 3 is 2.82 bits per heavy atom. The van der Waals surface area contributed by atoms with E-state index in [0.29, 0.717) is 29.2 Å². The number of nitrogens with two attached hydrogens (primary N) is 1. The number of halogens is 1. The molecule has 5 nitrogen and oxygen atoms in total. The van der Waals surface area contributed by atoms with E-state index in [1.807, 2.05) is 0 Å². The van der Waals surface area contributed by atoms with Crippen molar-refractivity contribution in [1.29, 1.82) is 5.26 Å². The molecule has 2 N–H and O–H groups in total. The van der Waals surface area contributed by atoms with E-state index in [1.165, 1.54) is 6.33 Å². The zero-order valence-electron chi connectivity index (χ0n) is 10.0. The first-order valence-electron chi connectivity index (χ1n) is 5.44. The lowest BCUT2D eigenvalue weighted by atomic mass is 10.2. The third kappa shape index (κ3) is 3.86. The van der Waals surface area contributed by atoms with Crippen LogP contribution in [0, 0.1) is 17.2 Å². The predicted octanol–water partition coefficient (Wildman–Crippen LogP) is 2.20. The Balaban J connectivity index is 2.95. The van der Waals surface area contributed by atoms with Crippen molar-refractivity contribution in [1.82, 2.24) is 9.97 Å². The molecule has 0 radical (unpaired) electrons. The highest BCUT2D eigenvalue weighted by atomic mass is 79.9. The Morgan fingerprint density at radius 1 is 1.53 bits per heavy atom. The zero-order chi connectivity index (χ0) is 12.8. The maximum Gasteiger partial charge on any atom is 0.148 e. The first-order valence-corrected chi connectivity index (χ1v) is 6.23. The Hall–Kier alpha value is -1.35. The molecule has 0 aliphatic rings. The van der Waals surface area contributed by atoms with Crippen LogP contribution in [0.1, 0.15) is 20.3 Å². The van der Waals surface area contributed by atoms with Crippen LogP contribution in [-0.4, -0.2) is 23.1 Å². The maximum absolute atomic E-state index is 8.67. The van der Waals surface area contributed by atoms with E-state index in [9.17, 15) is 0 Å². The second kappa shape index (κ2) is 6.40. The van der Waals surface area contributed by atoms with Gasteiger partial charge in [-0.3, -0.25) is 0 Å². The highest BCUT2D eigenvalue weighted by Crippen LogP contribution is 2.28. The molecule has 0 aromatic carbocycles. The monoisotopic (exact) mass is 297 g/mol. The van der Waals surface area contributed by atoms with Crippen LogP contribution in [0.3, 0.4) is 0 Å². The molecule has 0 unspecified atom stereocenters. The van der Waals surface area contributed by atoms with E-state index in [1.54, 1.807) is 0 Å². The number of hydrogen-bond acceptors (Lipinski definition) is 5. The standard InChI is InChI=1S/C11H16BrN5/c1-8(2)6-17(5-3-4-13)11-9(12)10(14)15-7-16-11/h7-8H,3,5-6H2,1-2H3,(H2,14,15,16). The summed E-state index contributed by atoms with van der Waals surface area (Å²) in [7, 11) is 0. The molecular formula is C11H16BrN5. The lowest BCUT2D eigenvalue weighted by Crippen LogP contribution is -2.30. The summed E-state index contributed by atoms with van der Waals surface area (Å²) >= 11 is 3.39. The topological polar surface area (TPSA) is 78.8 Å². The fourth-order valence-corrected chi connectivity index (χ4v) is 1.96. The molecule has 0 amide bonds. The normalized spacial score (nSPS) is 10.3. The molecule has 6 heteroatoms. The van der Waals surface area contributed by atoms with Gasteiger partial charge in [0.05, 0.1) is 12.5 Å². The summed E-state index contributed by atoms with van der Waals surface area (Å²) in [6.07, 6.45) is 1.90. The SMILES string of the molecule is CC(C)CN(CCC#N)c1ncnc(N)c1Br. The highest BCUT2D eigenvalue weighted by molar-refractivity contribution is 9.10. The van der Waals surface area contributed by atoms with Crippen molar-refractivity contribution in [3.8, 4) is 6.07 Å². The molecule has 0 atom stereocenters. The first-order chi connectivity index (χ1) is 8.06. The van der Waals surface area contributed by atoms with E-state index < -0.39 is 0 Å². The summed E-state index contributed by atoms with van der Waals surface area (Å²) in [6, 6.07) is 2.14. The van der Waals surface area contributed by atoms with Crippen molar-refractivity contribution in [2.24, 2.45) is 5.92 Å². The minimum absolute atomic E-state index is 0.417. The number of nitrogen functional groups attached to an aromatic ring is 1. The van der Waals surface area contributed by atoms with Crippen LogP contribution in [0.2, 0.25) is 0 Å². The summed E-state index contributed by atoms with van der Waals surface area (Å²) in [5, 5.41) is 8.67. The lowest BCUT2D eigenvalue weighted by Gasteiger charge is -2.25. The van der Waals surface area contributed by atoms with Crippen molar-refractivity contribution >= 4 is 27.6 Å². The number of nitrogens with zero attached hydrogens (tertiary/aromatic N) is 4. The molecule has 0 saturated heterocycles. The van der Waals surface area contributed by atoms with Gasteiger partial charge in [0.25, 0.3) is 0 Å². The van der Waals surface area contributed by atoms with Gasteiger partial charge in [0.2, 0.25) is 0 Å². The molecular weight excluding hydrogens is 282 g/mol. The molecule has 0 bridgehead atoms. The molecule has 1 heterocycles. The highest BCUT2D eigenvalue weighted by Gasteiger charge is 2.15. The number of nitriles is 1. The van der Waals surface area contributed by atoms with Crippen molar-refractivity contribution in [2.75, 3.05) is 23.7 Å². The Bertz CT molecular complexity index is 413. The Kier molecular flexibility index (Phi) is 5.16. The van der Waals surface area contributed by atoms with E-state index in [-0.39, 0.29) is 0 Å².